The van der Waals surface area contributed by atoms with Crippen molar-refractivity contribution in [3.63, 3.8) is 0 Å². The first-order valence-electron chi connectivity index (χ1n) is 8.32. The van der Waals surface area contributed by atoms with Gasteiger partial charge in [0.1, 0.15) is 0 Å². The molecule has 1 aliphatic rings. The minimum atomic E-state index is -0.244. The molecule has 0 aromatic heterocycles. The lowest BCUT2D eigenvalue weighted by molar-refractivity contribution is -0.137. The Balaban J connectivity index is 2.49. The molecule has 1 aliphatic heterocycles. The molecular weight excluding hydrogens is 282 g/mol. The SMILES string of the molecule is CCCC(C)NC(=O)C1CCCN(C(=O)CC(CN)OC)C1. The van der Waals surface area contributed by atoms with Gasteiger partial charge in [-0.15, -0.1) is 0 Å². The van der Waals surface area contributed by atoms with Crippen molar-refractivity contribution >= 4 is 11.8 Å². The number of methoxy groups -OCH3 is 1. The third kappa shape index (κ3) is 5.93. The van der Waals surface area contributed by atoms with E-state index in [-0.39, 0.29) is 36.3 Å². The van der Waals surface area contributed by atoms with Gasteiger partial charge in [-0.1, -0.05) is 13.3 Å². The number of likely N-dealkylation sites (tertiary alicyclic amines) is 1. The summed E-state index contributed by atoms with van der Waals surface area (Å²) in [6.07, 6.45) is 3.78. The van der Waals surface area contributed by atoms with Gasteiger partial charge < -0.3 is 20.7 Å². The van der Waals surface area contributed by atoms with Gasteiger partial charge >= 0.3 is 0 Å². The lowest BCUT2D eigenvalue weighted by Crippen LogP contribution is -2.48. The lowest BCUT2D eigenvalue weighted by atomic mass is 9.96. The van der Waals surface area contributed by atoms with Crippen molar-refractivity contribution in [3.05, 3.63) is 0 Å². The highest BCUT2D eigenvalue weighted by Gasteiger charge is 2.29. The highest BCUT2D eigenvalue weighted by molar-refractivity contribution is 5.81. The summed E-state index contributed by atoms with van der Waals surface area (Å²) >= 11 is 0. The number of rotatable bonds is 8. The van der Waals surface area contributed by atoms with Gasteiger partial charge in [0, 0.05) is 32.8 Å². The van der Waals surface area contributed by atoms with E-state index in [0.717, 1.165) is 25.7 Å². The number of nitrogens with one attached hydrogen (secondary N) is 1. The van der Waals surface area contributed by atoms with E-state index < -0.39 is 0 Å². The van der Waals surface area contributed by atoms with Gasteiger partial charge in [-0.25, -0.2) is 0 Å². The summed E-state index contributed by atoms with van der Waals surface area (Å²) in [5.41, 5.74) is 5.56. The van der Waals surface area contributed by atoms with Crippen LogP contribution in [0.25, 0.3) is 0 Å². The average molecular weight is 313 g/mol. The fourth-order valence-electron chi connectivity index (χ4n) is 2.87. The smallest absolute Gasteiger partial charge is 0.225 e. The minimum Gasteiger partial charge on any atom is -0.380 e. The van der Waals surface area contributed by atoms with Crippen LogP contribution in [0.3, 0.4) is 0 Å². The molecule has 0 bridgehead atoms. The fraction of sp³-hybridized carbons (Fsp3) is 0.875. The first-order chi connectivity index (χ1) is 10.5. The van der Waals surface area contributed by atoms with Gasteiger partial charge in [0.15, 0.2) is 0 Å². The standard InChI is InChI=1S/C16H31N3O3/c1-4-6-12(2)18-16(21)13-7-5-8-19(11-13)15(20)9-14(10-17)22-3/h12-14H,4-11,17H2,1-3H3,(H,18,21). The number of carbonyl (C=O) groups is 2. The van der Waals surface area contributed by atoms with Crippen LogP contribution in [0.4, 0.5) is 0 Å². The summed E-state index contributed by atoms with van der Waals surface area (Å²) in [7, 11) is 1.56. The van der Waals surface area contributed by atoms with Crippen molar-refractivity contribution in [2.75, 3.05) is 26.7 Å². The molecule has 0 spiro atoms. The average Bonchev–Trinajstić information content (AvgIpc) is 2.52. The Labute approximate surface area is 133 Å². The van der Waals surface area contributed by atoms with Gasteiger partial charge in [0.05, 0.1) is 18.4 Å². The highest BCUT2D eigenvalue weighted by Crippen LogP contribution is 2.18. The zero-order valence-corrected chi connectivity index (χ0v) is 14.1. The number of ether oxygens (including phenoxy) is 1. The second-order valence-corrected chi connectivity index (χ2v) is 6.17. The van der Waals surface area contributed by atoms with Crippen LogP contribution in [0.2, 0.25) is 0 Å². The van der Waals surface area contributed by atoms with E-state index in [4.69, 9.17) is 10.5 Å². The predicted molar refractivity (Wildman–Crippen MR) is 86.3 cm³/mol. The normalized spacial score (nSPS) is 21.3. The largest absolute Gasteiger partial charge is 0.380 e. The Morgan fingerprint density at radius 3 is 2.77 bits per heavy atom. The van der Waals surface area contributed by atoms with E-state index in [1.807, 2.05) is 6.92 Å². The minimum absolute atomic E-state index is 0.0245. The summed E-state index contributed by atoms with van der Waals surface area (Å²) in [5, 5.41) is 3.05. The number of hydrogen-bond acceptors (Lipinski definition) is 4. The third-order valence-electron chi connectivity index (χ3n) is 4.25. The maximum atomic E-state index is 12.3. The third-order valence-corrected chi connectivity index (χ3v) is 4.25. The molecule has 3 atom stereocenters. The van der Waals surface area contributed by atoms with Crippen molar-refractivity contribution in [1.29, 1.82) is 0 Å². The number of amides is 2. The molecule has 0 radical (unpaired) electrons. The molecule has 3 unspecified atom stereocenters. The van der Waals surface area contributed by atoms with E-state index in [1.165, 1.54) is 0 Å². The number of piperidine rings is 1. The van der Waals surface area contributed by atoms with E-state index in [0.29, 0.717) is 19.6 Å². The second kappa shape index (κ2) is 9.79. The summed E-state index contributed by atoms with van der Waals surface area (Å²) < 4.78 is 5.16. The molecule has 1 saturated heterocycles. The van der Waals surface area contributed by atoms with E-state index in [2.05, 4.69) is 12.2 Å². The van der Waals surface area contributed by atoms with Crippen LogP contribution in [0.1, 0.15) is 46.0 Å². The monoisotopic (exact) mass is 313 g/mol. The van der Waals surface area contributed by atoms with Crippen LogP contribution in [0.5, 0.6) is 0 Å². The van der Waals surface area contributed by atoms with Crippen molar-refractivity contribution in [1.82, 2.24) is 10.2 Å². The Kier molecular flexibility index (Phi) is 8.42. The van der Waals surface area contributed by atoms with Crippen LogP contribution in [-0.2, 0) is 14.3 Å². The van der Waals surface area contributed by atoms with E-state index in [1.54, 1.807) is 12.0 Å². The van der Waals surface area contributed by atoms with E-state index >= 15 is 0 Å². The number of nitrogens with zero attached hydrogens (tertiary/aromatic N) is 1. The summed E-state index contributed by atoms with van der Waals surface area (Å²) in [4.78, 5) is 26.3. The van der Waals surface area contributed by atoms with Crippen LogP contribution >= 0.6 is 0 Å². The fourth-order valence-corrected chi connectivity index (χ4v) is 2.87. The molecule has 0 aliphatic carbocycles. The Morgan fingerprint density at radius 2 is 2.18 bits per heavy atom. The Bertz CT molecular complexity index is 359. The molecule has 3 N–H and O–H groups in total. The molecule has 6 heteroatoms. The molecular formula is C16H31N3O3. The van der Waals surface area contributed by atoms with Crippen molar-refractivity contribution < 1.29 is 14.3 Å². The van der Waals surface area contributed by atoms with Crippen molar-refractivity contribution in [2.45, 2.75) is 58.1 Å². The molecule has 2 amide bonds. The molecule has 128 valence electrons. The number of nitrogens with two attached hydrogens (primary N) is 1. The van der Waals surface area contributed by atoms with Gasteiger partial charge in [-0.05, 0) is 26.2 Å². The van der Waals surface area contributed by atoms with Crippen molar-refractivity contribution in [3.8, 4) is 0 Å². The van der Waals surface area contributed by atoms with Gasteiger partial charge in [-0.3, -0.25) is 9.59 Å². The number of carbonyl (C=O) groups excluding carboxylic acids is 2. The molecule has 6 nitrogen and oxygen atoms in total. The van der Waals surface area contributed by atoms with Crippen molar-refractivity contribution in [2.24, 2.45) is 11.7 Å². The van der Waals surface area contributed by atoms with Gasteiger partial charge in [0.2, 0.25) is 11.8 Å². The predicted octanol–water partition coefficient (Wildman–Crippen LogP) is 0.894. The second-order valence-electron chi connectivity index (χ2n) is 6.17. The summed E-state index contributed by atoms with van der Waals surface area (Å²) in [6, 6.07) is 0.193. The topological polar surface area (TPSA) is 84.7 Å². The Hall–Kier alpha value is -1.14. The first kappa shape index (κ1) is 18.9. The summed E-state index contributed by atoms with van der Waals surface area (Å²) in [5.74, 6) is -0.00662. The molecule has 1 rings (SSSR count). The van der Waals surface area contributed by atoms with Crippen LogP contribution < -0.4 is 11.1 Å². The van der Waals surface area contributed by atoms with Gasteiger partial charge in [-0.2, -0.15) is 0 Å². The highest BCUT2D eigenvalue weighted by atomic mass is 16.5. The van der Waals surface area contributed by atoms with Gasteiger partial charge in [0.25, 0.3) is 0 Å². The molecule has 22 heavy (non-hydrogen) atoms. The molecule has 1 heterocycles. The molecule has 0 saturated carbocycles. The maximum Gasteiger partial charge on any atom is 0.225 e. The van der Waals surface area contributed by atoms with E-state index in [9.17, 15) is 9.59 Å². The first-order valence-corrected chi connectivity index (χ1v) is 8.32. The zero-order chi connectivity index (χ0) is 16.5. The van der Waals surface area contributed by atoms with Crippen LogP contribution in [-0.4, -0.2) is 55.6 Å². The Morgan fingerprint density at radius 1 is 1.45 bits per heavy atom. The zero-order valence-electron chi connectivity index (χ0n) is 14.1. The lowest BCUT2D eigenvalue weighted by Gasteiger charge is -2.33. The molecule has 1 fully saturated rings. The molecule has 0 aromatic carbocycles. The quantitative estimate of drug-likeness (QED) is 0.697. The summed E-state index contributed by atoms with van der Waals surface area (Å²) in [6.45, 7) is 5.68. The van der Waals surface area contributed by atoms with Crippen LogP contribution in [0.15, 0.2) is 0 Å². The number of hydrogen-bond donors (Lipinski definition) is 2. The maximum absolute atomic E-state index is 12.3. The van der Waals surface area contributed by atoms with Crippen LogP contribution in [0, 0.1) is 5.92 Å². The molecule has 0 aromatic rings.